The van der Waals surface area contributed by atoms with Crippen molar-refractivity contribution in [3.63, 3.8) is 0 Å². The zero-order chi connectivity index (χ0) is 18.9. The van der Waals surface area contributed by atoms with Gasteiger partial charge in [0.25, 0.3) is 0 Å². The number of benzene rings is 1. The van der Waals surface area contributed by atoms with E-state index < -0.39 is 16.0 Å². The van der Waals surface area contributed by atoms with E-state index in [4.69, 9.17) is 9.84 Å². The number of nitrogens with one attached hydrogen (secondary N) is 2. The molecule has 0 radical (unpaired) electrons. The van der Waals surface area contributed by atoms with E-state index in [1.165, 1.54) is 18.2 Å². The van der Waals surface area contributed by atoms with Crippen LogP contribution in [0.1, 0.15) is 50.4 Å². The standard InChI is InChI=1S/C17H28N2O5S/c1-4-7-13(3)19-15-9-8-14(17(20)21)12-16(15)25(22,23)18-10-6-11-24-5-2/h8-9,12-13,18-19H,4-7,10-11H2,1-3H3,(H,20,21). The van der Waals surface area contributed by atoms with Crippen LogP contribution in [0.4, 0.5) is 5.69 Å². The lowest BCUT2D eigenvalue weighted by Gasteiger charge is -2.18. The third-order valence-corrected chi connectivity index (χ3v) is 5.10. The number of ether oxygens (including phenoxy) is 1. The summed E-state index contributed by atoms with van der Waals surface area (Å²) in [7, 11) is -3.83. The van der Waals surface area contributed by atoms with Crippen molar-refractivity contribution < 1.29 is 23.1 Å². The predicted octanol–water partition coefficient (Wildman–Crippen LogP) is 2.69. The van der Waals surface area contributed by atoms with E-state index in [1.807, 2.05) is 20.8 Å². The Bertz CT molecular complexity index is 661. The zero-order valence-electron chi connectivity index (χ0n) is 15.0. The number of hydrogen-bond donors (Lipinski definition) is 3. The molecule has 0 aliphatic heterocycles. The molecule has 0 aliphatic rings. The summed E-state index contributed by atoms with van der Waals surface area (Å²) in [6, 6.07) is 4.17. The Morgan fingerprint density at radius 2 is 2.04 bits per heavy atom. The van der Waals surface area contributed by atoms with Gasteiger partial charge in [-0.25, -0.2) is 17.9 Å². The first-order chi connectivity index (χ1) is 11.8. The Morgan fingerprint density at radius 1 is 1.32 bits per heavy atom. The average molecular weight is 372 g/mol. The van der Waals surface area contributed by atoms with Gasteiger partial charge >= 0.3 is 5.97 Å². The molecule has 0 spiro atoms. The van der Waals surface area contributed by atoms with Crippen LogP contribution in [0.25, 0.3) is 0 Å². The molecular formula is C17H28N2O5S. The maximum atomic E-state index is 12.6. The van der Waals surface area contributed by atoms with Crippen LogP contribution in [0, 0.1) is 0 Å². The molecule has 0 fully saturated rings. The monoisotopic (exact) mass is 372 g/mol. The summed E-state index contributed by atoms with van der Waals surface area (Å²) >= 11 is 0. The first-order valence-electron chi connectivity index (χ1n) is 8.53. The molecule has 0 aliphatic carbocycles. The van der Waals surface area contributed by atoms with Gasteiger partial charge in [0, 0.05) is 25.8 Å². The van der Waals surface area contributed by atoms with Crippen molar-refractivity contribution in [1.29, 1.82) is 0 Å². The van der Waals surface area contributed by atoms with Gasteiger partial charge in [-0.1, -0.05) is 13.3 Å². The van der Waals surface area contributed by atoms with Crippen LogP contribution in [0.15, 0.2) is 23.1 Å². The molecule has 1 aromatic carbocycles. The summed E-state index contributed by atoms with van der Waals surface area (Å²) in [5.41, 5.74) is 0.339. The fraction of sp³-hybridized carbons (Fsp3) is 0.588. The highest BCUT2D eigenvalue weighted by Crippen LogP contribution is 2.24. The van der Waals surface area contributed by atoms with Crippen LogP contribution in [-0.2, 0) is 14.8 Å². The molecule has 8 heteroatoms. The molecule has 0 aromatic heterocycles. The molecule has 3 N–H and O–H groups in total. The van der Waals surface area contributed by atoms with Crippen LogP contribution in [0.3, 0.4) is 0 Å². The number of carbonyl (C=O) groups is 1. The second kappa shape index (κ2) is 10.4. The third kappa shape index (κ3) is 7.01. The lowest BCUT2D eigenvalue weighted by molar-refractivity contribution is 0.0696. The Labute approximate surface area is 149 Å². The average Bonchev–Trinajstić information content (AvgIpc) is 2.54. The number of sulfonamides is 1. The minimum Gasteiger partial charge on any atom is -0.478 e. The van der Waals surface area contributed by atoms with Crippen molar-refractivity contribution in [2.45, 2.75) is 51.0 Å². The molecule has 1 atom stereocenters. The maximum absolute atomic E-state index is 12.6. The van der Waals surface area contributed by atoms with Gasteiger partial charge in [0.15, 0.2) is 0 Å². The van der Waals surface area contributed by atoms with Gasteiger partial charge in [-0.2, -0.15) is 0 Å². The van der Waals surface area contributed by atoms with Gasteiger partial charge in [-0.05, 0) is 44.9 Å². The fourth-order valence-electron chi connectivity index (χ4n) is 2.37. The molecule has 25 heavy (non-hydrogen) atoms. The molecule has 1 unspecified atom stereocenters. The van der Waals surface area contributed by atoms with Crippen molar-refractivity contribution >= 4 is 21.7 Å². The summed E-state index contributed by atoms with van der Waals surface area (Å²) < 4.78 is 32.9. The summed E-state index contributed by atoms with van der Waals surface area (Å²) in [6.07, 6.45) is 2.38. The van der Waals surface area contributed by atoms with Gasteiger partial charge in [-0.3, -0.25) is 0 Å². The predicted molar refractivity (Wildman–Crippen MR) is 97.7 cm³/mol. The lowest BCUT2D eigenvalue weighted by Crippen LogP contribution is -2.27. The number of rotatable bonds is 12. The number of aromatic carboxylic acids is 1. The van der Waals surface area contributed by atoms with Crippen molar-refractivity contribution in [3.05, 3.63) is 23.8 Å². The van der Waals surface area contributed by atoms with Crippen LogP contribution < -0.4 is 10.0 Å². The van der Waals surface area contributed by atoms with Crippen LogP contribution >= 0.6 is 0 Å². The summed E-state index contributed by atoms with van der Waals surface area (Å²) in [5, 5.41) is 12.3. The van der Waals surface area contributed by atoms with E-state index in [0.717, 1.165) is 12.8 Å². The fourth-order valence-corrected chi connectivity index (χ4v) is 3.64. The van der Waals surface area contributed by atoms with Crippen molar-refractivity contribution in [1.82, 2.24) is 4.72 Å². The van der Waals surface area contributed by atoms with E-state index >= 15 is 0 Å². The Hall–Kier alpha value is -1.64. The van der Waals surface area contributed by atoms with Crippen molar-refractivity contribution in [2.24, 2.45) is 0 Å². The molecule has 142 valence electrons. The van der Waals surface area contributed by atoms with Crippen LogP contribution in [0.2, 0.25) is 0 Å². The quantitative estimate of drug-likeness (QED) is 0.487. The first-order valence-corrected chi connectivity index (χ1v) is 10.0. The Balaban J connectivity index is 3.02. The van der Waals surface area contributed by atoms with Crippen molar-refractivity contribution in [3.8, 4) is 0 Å². The van der Waals surface area contributed by atoms with Gasteiger partial charge in [0.05, 0.1) is 11.3 Å². The molecule has 0 amide bonds. The second-order valence-electron chi connectivity index (χ2n) is 5.80. The third-order valence-electron chi connectivity index (χ3n) is 3.60. The number of carboxylic acids is 1. The second-order valence-corrected chi connectivity index (χ2v) is 7.53. The lowest BCUT2D eigenvalue weighted by atomic mass is 10.1. The number of anilines is 1. The molecule has 7 nitrogen and oxygen atoms in total. The molecular weight excluding hydrogens is 344 g/mol. The summed E-state index contributed by atoms with van der Waals surface area (Å²) in [5.74, 6) is -1.17. The van der Waals surface area contributed by atoms with Crippen molar-refractivity contribution in [2.75, 3.05) is 25.1 Å². The molecule has 0 bridgehead atoms. The van der Waals surface area contributed by atoms with Crippen LogP contribution in [0.5, 0.6) is 0 Å². The zero-order valence-corrected chi connectivity index (χ0v) is 15.9. The van der Waals surface area contributed by atoms with E-state index in [-0.39, 0.29) is 23.0 Å². The number of hydrogen-bond acceptors (Lipinski definition) is 5. The largest absolute Gasteiger partial charge is 0.478 e. The number of carboxylic acid groups (broad SMARTS) is 1. The Morgan fingerprint density at radius 3 is 2.64 bits per heavy atom. The Kier molecular flexibility index (Phi) is 8.88. The van der Waals surface area contributed by atoms with Gasteiger partial charge in [0.2, 0.25) is 10.0 Å². The van der Waals surface area contributed by atoms with Gasteiger partial charge < -0.3 is 15.2 Å². The highest BCUT2D eigenvalue weighted by atomic mass is 32.2. The van der Waals surface area contributed by atoms with Gasteiger partial charge in [-0.15, -0.1) is 0 Å². The molecule has 1 aromatic rings. The highest BCUT2D eigenvalue weighted by Gasteiger charge is 2.21. The molecule has 0 heterocycles. The highest BCUT2D eigenvalue weighted by molar-refractivity contribution is 7.89. The van der Waals surface area contributed by atoms with E-state index in [9.17, 15) is 13.2 Å². The minimum atomic E-state index is -3.83. The summed E-state index contributed by atoms with van der Waals surface area (Å²) in [6.45, 7) is 7.15. The molecule has 0 saturated heterocycles. The van der Waals surface area contributed by atoms with Gasteiger partial charge in [0.1, 0.15) is 4.90 Å². The maximum Gasteiger partial charge on any atom is 0.335 e. The van der Waals surface area contributed by atoms with Crippen LogP contribution in [-0.4, -0.2) is 45.3 Å². The first kappa shape index (κ1) is 21.4. The van der Waals surface area contributed by atoms with E-state index in [1.54, 1.807) is 0 Å². The SMILES string of the molecule is CCCC(C)Nc1ccc(C(=O)O)cc1S(=O)(=O)NCCCOCC. The topological polar surface area (TPSA) is 105 Å². The minimum absolute atomic E-state index is 0.0493. The van der Waals surface area contributed by atoms with E-state index in [2.05, 4.69) is 10.0 Å². The normalized spacial score (nSPS) is 12.8. The molecule has 0 saturated carbocycles. The smallest absolute Gasteiger partial charge is 0.335 e. The van der Waals surface area contributed by atoms with E-state index in [0.29, 0.717) is 25.3 Å². The molecule has 1 rings (SSSR count). The summed E-state index contributed by atoms with van der Waals surface area (Å²) in [4.78, 5) is 11.1.